The molecule has 0 radical (unpaired) electrons. The fourth-order valence-corrected chi connectivity index (χ4v) is 4.44. The van der Waals surface area contributed by atoms with E-state index in [1.54, 1.807) is 18.2 Å². The van der Waals surface area contributed by atoms with E-state index in [9.17, 15) is 14.0 Å². The van der Waals surface area contributed by atoms with Crippen molar-refractivity contribution in [3.05, 3.63) is 70.9 Å². The number of halogens is 1. The third-order valence-corrected chi connectivity index (χ3v) is 5.99. The first-order valence-corrected chi connectivity index (χ1v) is 10.4. The number of thioether (sulfide) groups is 1. The summed E-state index contributed by atoms with van der Waals surface area (Å²) in [5.41, 5.74) is 1.13. The molecule has 0 unspecified atom stereocenters. The molecule has 2 aliphatic rings. The number of para-hydroxylation sites is 1. The maximum absolute atomic E-state index is 14.2. The Bertz CT molecular complexity index is 957. The molecule has 2 aliphatic heterocycles. The summed E-state index contributed by atoms with van der Waals surface area (Å²) >= 11 is 1.25. The Morgan fingerprint density at radius 1 is 1.24 bits per heavy atom. The molecule has 7 heteroatoms. The molecule has 4 rings (SSSR count). The van der Waals surface area contributed by atoms with Crippen molar-refractivity contribution in [2.24, 2.45) is 0 Å². The van der Waals surface area contributed by atoms with Crippen LogP contribution >= 0.6 is 11.8 Å². The zero-order valence-electron chi connectivity index (χ0n) is 15.8. The molecule has 1 saturated heterocycles. The van der Waals surface area contributed by atoms with Gasteiger partial charge in [0.05, 0.1) is 23.2 Å². The number of carbonyl (C=O) groups is 2. The summed E-state index contributed by atoms with van der Waals surface area (Å²) < 4.78 is 19.7. The molecule has 0 aliphatic carbocycles. The molecule has 0 aromatic heterocycles. The van der Waals surface area contributed by atoms with Crippen molar-refractivity contribution in [1.29, 1.82) is 0 Å². The van der Waals surface area contributed by atoms with Gasteiger partial charge in [-0.05, 0) is 31.0 Å². The average molecular weight is 412 g/mol. The minimum Gasteiger partial charge on any atom is -0.376 e. The van der Waals surface area contributed by atoms with Gasteiger partial charge >= 0.3 is 0 Å². The molecule has 0 bridgehead atoms. The maximum Gasteiger partial charge on any atom is 0.265 e. The topological polar surface area (TPSA) is 58.6 Å². The summed E-state index contributed by atoms with van der Waals surface area (Å²) in [7, 11) is 0. The van der Waals surface area contributed by atoms with Crippen molar-refractivity contribution in [3.8, 4) is 0 Å². The number of rotatable bonds is 5. The Morgan fingerprint density at radius 3 is 2.83 bits per heavy atom. The zero-order chi connectivity index (χ0) is 20.2. The number of benzene rings is 2. The molecule has 150 valence electrons. The fraction of sp³-hybridized carbons (Fsp3) is 0.273. The molecule has 0 spiro atoms. The van der Waals surface area contributed by atoms with Crippen LogP contribution in [0.1, 0.15) is 18.4 Å². The standard InChI is InChI=1S/C22H21FN2O3S/c23-17-8-2-1-6-15(17)14-25-18-9-3-4-10-19(18)29-20(22(25)27)12-21(26)24-13-16-7-5-11-28-16/h1-4,6,8-10,12,16H,5,7,11,13-14H2,(H,24,26)/b20-12-/t16-/m1/s1. The maximum atomic E-state index is 14.2. The zero-order valence-corrected chi connectivity index (χ0v) is 16.6. The first kappa shape index (κ1) is 19.7. The van der Waals surface area contributed by atoms with Gasteiger partial charge in [-0.25, -0.2) is 4.39 Å². The van der Waals surface area contributed by atoms with Crippen LogP contribution in [0.2, 0.25) is 0 Å². The Morgan fingerprint density at radius 2 is 2.03 bits per heavy atom. The van der Waals surface area contributed by atoms with Crippen molar-refractivity contribution < 1.29 is 18.7 Å². The van der Waals surface area contributed by atoms with Gasteiger partial charge in [0.2, 0.25) is 5.91 Å². The summed E-state index contributed by atoms with van der Waals surface area (Å²) in [6.07, 6.45) is 3.28. The van der Waals surface area contributed by atoms with Crippen LogP contribution in [-0.4, -0.2) is 31.1 Å². The van der Waals surface area contributed by atoms with Gasteiger partial charge < -0.3 is 15.0 Å². The molecule has 2 amide bonds. The van der Waals surface area contributed by atoms with Crippen molar-refractivity contribution >= 4 is 29.3 Å². The second-order valence-corrected chi connectivity index (χ2v) is 8.03. The van der Waals surface area contributed by atoms with Crippen LogP contribution in [0.15, 0.2) is 64.4 Å². The molecule has 2 aromatic rings. The smallest absolute Gasteiger partial charge is 0.265 e. The number of hydrogen-bond donors (Lipinski definition) is 1. The lowest BCUT2D eigenvalue weighted by Gasteiger charge is -2.30. The van der Waals surface area contributed by atoms with E-state index in [4.69, 9.17) is 4.74 Å². The lowest BCUT2D eigenvalue weighted by atomic mass is 10.1. The van der Waals surface area contributed by atoms with Gasteiger partial charge in [0.15, 0.2) is 0 Å². The second-order valence-electron chi connectivity index (χ2n) is 6.94. The van der Waals surface area contributed by atoms with Crippen LogP contribution in [0.3, 0.4) is 0 Å². The number of carbonyl (C=O) groups excluding carboxylic acids is 2. The minimum absolute atomic E-state index is 0.0327. The highest BCUT2D eigenvalue weighted by Crippen LogP contribution is 2.41. The molecule has 1 fully saturated rings. The van der Waals surface area contributed by atoms with E-state index in [1.165, 1.54) is 28.8 Å². The van der Waals surface area contributed by atoms with Crippen molar-refractivity contribution in [3.63, 3.8) is 0 Å². The predicted octanol–water partition coefficient (Wildman–Crippen LogP) is 3.64. The largest absolute Gasteiger partial charge is 0.376 e. The number of amides is 2. The van der Waals surface area contributed by atoms with E-state index in [-0.39, 0.29) is 30.3 Å². The highest BCUT2D eigenvalue weighted by Gasteiger charge is 2.30. The summed E-state index contributed by atoms with van der Waals surface area (Å²) in [6, 6.07) is 13.8. The van der Waals surface area contributed by atoms with Gasteiger partial charge in [0.1, 0.15) is 5.82 Å². The number of nitrogens with zero attached hydrogens (tertiary/aromatic N) is 1. The molecular formula is C22H21FN2O3S. The van der Waals surface area contributed by atoms with Crippen LogP contribution in [0.5, 0.6) is 0 Å². The highest BCUT2D eigenvalue weighted by molar-refractivity contribution is 8.04. The van der Waals surface area contributed by atoms with Gasteiger partial charge in [-0.2, -0.15) is 0 Å². The van der Waals surface area contributed by atoms with Gasteiger partial charge in [-0.15, -0.1) is 0 Å². The number of ether oxygens (including phenoxy) is 1. The molecule has 5 nitrogen and oxygen atoms in total. The summed E-state index contributed by atoms with van der Waals surface area (Å²) in [4.78, 5) is 28.1. The number of fused-ring (bicyclic) bond motifs is 1. The van der Waals surface area contributed by atoms with Crippen LogP contribution in [0.25, 0.3) is 0 Å². The van der Waals surface area contributed by atoms with Gasteiger partial charge in [-0.3, -0.25) is 9.59 Å². The molecular weight excluding hydrogens is 391 g/mol. The first-order chi connectivity index (χ1) is 14.1. The molecule has 1 atom stereocenters. The van der Waals surface area contributed by atoms with E-state index >= 15 is 0 Å². The van der Waals surface area contributed by atoms with E-state index in [1.807, 2.05) is 24.3 Å². The predicted molar refractivity (Wildman–Crippen MR) is 110 cm³/mol. The van der Waals surface area contributed by atoms with Crippen LogP contribution in [0, 0.1) is 5.82 Å². The first-order valence-electron chi connectivity index (χ1n) is 9.55. The highest BCUT2D eigenvalue weighted by atomic mass is 32.2. The van der Waals surface area contributed by atoms with E-state index < -0.39 is 0 Å². The van der Waals surface area contributed by atoms with Crippen LogP contribution < -0.4 is 10.2 Å². The van der Waals surface area contributed by atoms with Gasteiger partial charge in [0.25, 0.3) is 5.91 Å². The van der Waals surface area contributed by atoms with Gasteiger partial charge in [0, 0.05) is 29.7 Å². The molecule has 29 heavy (non-hydrogen) atoms. The second kappa shape index (κ2) is 8.80. The summed E-state index contributed by atoms with van der Waals surface area (Å²) in [5.74, 6) is -1.01. The monoisotopic (exact) mass is 412 g/mol. The minimum atomic E-state index is -0.365. The summed E-state index contributed by atoms with van der Waals surface area (Å²) in [6.45, 7) is 1.24. The van der Waals surface area contributed by atoms with E-state index in [0.29, 0.717) is 22.7 Å². The summed E-state index contributed by atoms with van der Waals surface area (Å²) in [5, 5.41) is 2.81. The quantitative estimate of drug-likeness (QED) is 0.762. The SMILES string of the molecule is O=C(/C=C1\Sc2ccccc2N(Cc2ccccc2F)C1=O)NC[C@H]1CCCO1. The third kappa shape index (κ3) is 4.52. The Labute approximate surface area is 172 Å². The number of anilines is 1. The molecule has 1 N–H and O–H groups in total. The lowest BCUT2D eigenvalue weighted by Crippen LogP contribution is -2.35. The molecule has 2 aromatic carbocycles. The molecule has 0 saturated carbocycles. The van der Waals surface area contributed by atoms with Crippen molar-refractivity contribution in [1.82, 2.24) is 5.32 Å². The Hall–Kier alpha value is -2.64. The third-order valence-electron chi connectivity index (χ3n) is 4.91. The average Bonchev–Trinajstić information content (AvgIpc) is 3.24. The van der Waals surface area contributed by atoms with Gasteiger partial charge in [-0.1, -0.05) is 42.1 Å². The normalized spacial score (nSPS) is 20.0. The van der Waals surface area contributed by atoms with E-state index in [2.05, 4.69) is 5.32 Å². The van der Waals surface area contributed by atoms with E-state index in [0.717, 1.165) is 24.3 Å². The lowest BCUT2D eigenvalue weighted by molar-refractivity contribution is -0.118. The number of hydrogen-bond acceptors (Lipinski definition) is 4. The molecule has 2 heterocycles. The Balaban J connectivity index is 1.56. The van der Waals surface area contributed by atoms with Crippen LogP contribution in [-0.2, 0) is 20.9 Å². The Kier molecular flexibility index (Phi) is 5.97. The van der Waals surface area contributed by atoms with Crippen LogP contribution in [0.4, 0.5) is 10.1 Å². The fourth-order valence-electron chi connectivity index (χ4n) is 3.41. The number of nitrogens with one attached hydrogen (secondary N) is 1. The van der Waals surface area contributed by atoms with Crippen molar-refractivity contribution in [2.75, 3.05) is 18.1 Å². The van der Waals surface area contributed by atoms with Crippen molar-refractivity contribution in [2.45, 2.75) is 30.4 Å².